The number of ketones is 1. The van der Waals surface area contributed by atoms with E-state index in [1.165, 1.54) is 4.70 Å². The summed E-state index contributed by atoms with van der Waals surface area (Å²) in [5.41, 5.74) is 5.49. The van der Waals surface area contributed by atoms with Crippen LogP contribution in [-0.2, 0) is 0 Å². The Labute approximate surface area is 250 Å². The van der Waals surface area contributed by atoms with Crippen LogP contribution in [0.5, 0.6) is 23.0 Å². The minimum absolute atomic E-state index is 0.0981. The van der Waals surface area contributed by atoms with Gasteiger partial charge in [-0.1, -0.05) is 36.4 Å². The van der Waals surface area contributed by atoms with E-state index in [9.17, 15) is 4.79 Å². The van der Waals surface area contributed by atoms with E-state index in [4.69, 9.17) is 23.9 Å². The van der Waals surface area contributed by atoms with Gasteiger partial charge in [0.2, 0.25) is 0 Å². The first-order valence-corrected chi connectivity index (χ1v) is 14.5. The van der Waals surface area contributed by atoms with Gasteiger partial charge in [0.15, 0.2) is 17.3 Å². The number of ether oxygens (including phenoxy) is 4. The van der Waals surface area contributed by atoms with Gasteiger partial charge < -0.3 is 18.9 Å². The zero-order chi connectivity index (χ0) is 29.5. The monoisotopic (exact) mass is 579 g/mol. The molecule has 42 heavy (non-hydrogen) atoms. The first-order valence-electron chi connectivity index (χ1n) is 13.7. The van der Waals surface area contributed by atoms with Crippen molar-refractivity contribution in [2.75, 3.05) is 27.4 Å². The second kappa shape index (κ2) is 13.4. The van der Waals surface area contributed by atoms with Crippen LogP contribution in [0.15, 0.2) is 84.9 Å². The zero-order valence-electron chi connectivity index (χ0n) is 24.2. The van der Waals surface area contributed by atoms with Gasteiger partial charge in [-0.25, -0.2) is 4.98 Å². The Morgan fingerprint density at radius 1 is 0.833 bits per heavy atom. The van der Waals surface area contributed by atoms with Crippen molar-refractivity contribution in [3.05, 3.63) is 107 Å². The highest BCUT2D eigenvalue weighted by atomic mass is 32.1. The van der Waals surface area contributed by atoms with Crippen LogP contribution >= 0.6 is 11.3 Å². The largest absolute Gasteiger partial charge is 0.496 e. The van der Waals surface area contributed by atoms with E-state index in [1.54, 1.807) is 43.8 Å². The highest BCUT2D eigenvalue weighted by Gasteiger charge is 2.11. The predicted molar refractivity (Wildman–Crippen MR) is 169 cm³/mol. The lowest BCUT2D eigenvalue weighted by Gasteiger charge is -2.12. The van der Waals surface area contributed by atoms with Gasteiger partial charge in [-0.3, -0.25) is 4.79 Å². The van der Waals surface area contributed by atoms with Crippen molar-refractivity contribution in [2.24, 2.45) is 0 Å². The van der Waals surface area contributed by atoms with Crippen LogP contribution in [0.1, 0.15) is 33.5 Å². The minimum Gasteiger partial charge on any atom is -0.496 e. The Morgan fingerprint density at radius 2 is 1.64 bits per heavy atom. The van der Waals surface area contributed by atoms with Gasteiger partial charge in [-0.2, -0.15) is 0 Å². The molecule has 0 atom stereocenters. The fourth-order valence-electron chi connectivity index (χ4n) is 4.50. The van der Waals surface area contributed by atoms with Crippen molar-refractivity contribution in [2.45, 2.75) is 20.3 Å². The number of benzene rings is 4. The number of aryl methyl sites for hydroxylation is 1. The Bertz CT molecular complexity index is 1710. The van der Waals surface area contributed by atoms with Gasteiger partial charge in [0.25, 0.3) is 0 Å². The Balaban J connectivity index is 1.16. The molecule has 0 aliphatic rings. The number of thiazole rings is 1. The lowest BCUT2D eigenvalue weighted by atomic mass is 10.0. The fraction of sp³-hybridized carbons (Fsp3) is 0.200. The molecule has 0 saturated heterocycles. The molecule has 0 N–H and O–H groups in total. The summed E-state index contributed by atoms with van der Waals surface area (Å²) in [4.78, 5) is 17.6. The average Bonchev–Trinajstić information content (AvgIpc) is 3.46. The smallest absolute Gasteiger partial charge is 0.185 e. The van der Waals surface area contributed by atoms with Crippen molar-refractivity contribution in [1.29, 1.82) is 0 Å². The second-order valence-electron chi connectivity index (χ2n) is 9.79. The summed E-state index contributed by atoms with van der Waals surface area (Å²) in [6, 6.07) is 25.4. The molecule has 0 spiro atoms. The molecular formula is C35H33NO5S. The number of rotatable bonds is 12. The zero-order valence-corrected chi connectivity index (χ0v) is 25.0. The lowest BCUT2D eigenvalue weighted by Crippen LogP contribution is -2.06. The first-order chi connectivity index (χ1) is 20.4. The van der Waals surface area contributed by atoms with Crippen molar-refractivity contribution < 1.29 is 23.7 Å². The first kappa shape index (κ1) is 28.9. The number of nitrogens with zero attached hydrogens (tertiary/aromatic N) is 1. The molecule has 0 radical (unpaired) electrons. The van der Waals surface area contributed by atoms with Crippen LogP contribution in [0.4, 0.5) is 0 Å². The van der Waals surface area contributed by atoms with Gasteiger partial charge in [0, 0.05) is 17.5 Å². The van der Waals surface area contributed by atoms with Gasteiger partial charge in [0.1, 0.15) is 16.5 Å². The number of allylic oxidation sites excluding steroid dienone is 1. The number of para-hydroxylation sites is 1. The molecule has 0 saturated carbocycles. The fourth-order valence-corrected chi connectivity index (χ4v) is 5.47. The van der Waals surface area contributed by atoms with Crippen LogP contribution < -0.4 is 18.9 Å². The number of carbonyl (C=O) groups is 1. The maximum Gasteiger partial charge on any atom is 0.185 e. The Hall–Kier alpha value is -4.62. The molecule has 5 aromatic rings. The molecule has 7 heteroatoms. The normalized spacial score (nSPS) is 11.1. The minimum atomic E-state index is -0.0981. The molecule has 1 heterocycles. The molecule has 0 unspecified atom stereocenters. The van der Waals surface area contributed by atoms with E-state index >= 15 is 0 Å². The molecule has 0 amide bonds. The van der Waals surface area contributed by atoms with Crippen molar-refractivity contribution in [3.63, 3.8) is 0 Å². The van der Waals surface area contributed by atoms with Crippen molar-refractivity contribution in [3.8, 4) is 33.6 Å². The molecule has 5 rings (SSSR count). The molecule has 0 aliphatic carbocycles. The van der Waals surface area contributed by atoms with Crippen LogP contribution in [0, 0.1) is 13.8 Å². The maximum absolute atomic E-state index is 12.8. The predicted octanol–water partition coefficient (Wildman–Crippen LogP) is 8.34. The van der Waals surface area contributed by atoms with E-state index in [2.05, 4.69) is 6.07 Å². The molecular weight excluding hydrogens is 546 g/mol. The van der Waals surface area contributed by atoms with Crippen molar-refractivity contribution in [1.82, 2.24) is 4.98 Å². The number of fused-ring (bicyclic) bond motifs is 1. The molecule has 1 aromatic heterocycles. The summed E-state index contributed by atoms with van der Waals surface area (Å²) in [5.74, 6) is 2.64. The number of hydrogen-bond donors (Lipinski definition) is 0. The quantitative estimate of drug-likeness (QED) is 0.0841. The molecule has 4 aromatic carbocycles. The van der Waals surface area contributed by atoms with Gasteiger partial charge in [-0.05, 0) is 85.1 Å². The summed E-state index contributed by atoms with van der Waals surface area (Å²) < 4.78 is 24.1. The summed E-state index contributed by atoms with van der Waals surface area (Å²) >= 11 is 1.67. The van der Waals surface area contributed by atoms with E-state index in [-0.39, 0.29) is 5.78 Å². The van der Waals surface area contributed by atoms with Crippen LogP contribution in [-0.4, -0.2) is 38.2 Å². The van der Waals surface area contributed by atoms with Crippen LogP contribution in [0.3, 0.4) is 0 Å². The molecule has 0 aliphatic heterocycles. The summed E-state index contributed by atoms with van der Waals surface area (Å²) in [6.45, 7) is 4.89. The highest BCUT2D eigenvalue weighted by molar-refractivity contribution is 7.21. The molecule has 6 nitrogen and oxygen atoms in total. The third-order valence-corrected chi connectivity index (χ3v) is 8.01. The van der Waals surface area contributed by atoms with Crippen LogP contribution in [0.2, 0.25) is 0 Å². The molecule has 214 valence electrons. The standard InChI is InChI=1S/C35H33NO5S/c1-23-19-27(22-32(39-4)24(23)2)30(37)15-13-25-14-16-31(38-3)33(20-25)41-18-8-17-40-28-10-7-9-26(21-28)35-36-29-11-5-6-12-34(29)42-35/h5-7,9-16,19-22H,8,17-18H2,1-4H3/b15-13+. The second-order valence-corrected chi connectivity index (χ2v) is 10.8. The number of hydrogen-bond acceptors (Lipinski definition) is 7. The van der Waals surface area contributed by atoms with E-state index in [0.717, 1.165) is 38.5 Å². The third-order valence-electron chi connectivity index (χ3n) is 6.93. The van der Waals surface area contributed by atoms with E-state index < -0.39 is 0 Å². The third kappa shape index (κ3) is 6.81. The van der Waals surface area contributed by atoms with Crippen molar-refractivity contribution >= 4 is 33.4 Å². The molecule has 0 bridgehead atoms. The summed E-state index contributed by atoms with van der Waals surface area (Å²) in [5, 5.41) is 0.974. The topological polar surface area (TPSA) is 66.9 Å². The average molecular weight is 580 g/mol. The SMILES string of the molecule is COc1ccc(/C=C/C(=O)c2cc(C)c(C)c(OC)c2)cc1OCCCOc1cccc(-c2nc3ccccc3s2)c1. The maximum atomic E-state index is 12.8. The number of aromatic nitrogens is 1. The van der Waals surface area contributed by atoms with Crippen LogP contribution in [0.25, 0.3) is 26.9 Å². The van der Waals surface area contributed by atoms with E-state index in [1.807, 2.05) is 80.6 Å². The van der Waals surface area contributed by atoms with E-state index in [0.29, 0.717) is 42.4 Å². The lowest BCUT2D eigenvalue weighted by molar-refractivity contribution is 0.104. The Kier molecular flexibility index (Phi) is 9.19. The van der Waals surface area contributed by atoms with Gasteiger partial charge in [-0.15, -0.1) is 11.3 Å². The summed E-state index contributed by atoms with van der Waals surface area (Å²) in [6.07, 6.45) is 4.02. The molecule has 0 fully saturated rings. The number of carbonyl (C=O) groups excluding carboxylic acids is 1. The Morgan fingerprint density at radius 3 is 2.45 bits per heavy atom. The summed E-state index contributed by atoms with van der Waals surface area (Å²) in [7, 11) is 3.22. The van der Waals surface area contributed by atoms with Gasteiger partial charge in [0.05, 0.1) is 37.6 Å². The highest BCUT2D eigenvalue weighted by Crippen LogP contribution is 2.32. The van der Waals surface area contributed by atoms with Gasteiger partial charge >= 0.3 is 0 Å². The number of methoxy groups -OCH3 is 2.